The maximum atomic E-state index is 14.7. The molecule has 6 rings (SSSR count). The van der Waals surface area contributed by atoms with Crippen LogP contribution in [0.1, 0.15) is 74.8 Å². The summed E-state index contributed by atoms with van der Waals surface area (Å²) in [4.78, 5) is 36.1. The molecule has 0 aliphatic carbocycles. The second-order valence-corrected chi connectivity index (χ2v) is 12.5. The normalized spacial score (nSPS) is 21.9. The summed E-state index contributed by atoms with van der Waals surface area (Å²) in [6.07, 6.45) is 0.490. The number of carboxylic acids is 1. The van der Waals surface area contributed by atoms with E-state index in [1.165, 1.54) is 43.3 Å². The highest BCUT2D eigenvalue weighted by Gasteiger charge is 2.57. The van der Waals surface area contributed by atoms with Crippen LogP contribution in [0.25, 0.3) is 0 Å². The molecule has 8 nitrogen and oxygen atoms in total. The number of quaternary nitrogens is 1. The van der Waals surface area contributed by atoms with Crippen molar-refractivity contribution in [1.82, 2.24) is 0 Å². The lowest BCUT2D eigenvalue weighted by molar-refractivity contribution is -0.956. The Hall–Kier alpha value is -4.22. The molecule has 3 saturated heterocycles. The molecule has 11 heteroatoms. The number of alkyl halides is 3. The van der Waals surface area contributed by atoms with Crippen LogP contribution in [0.4, 0.5) is 13.2 Å². The summed E-state index contributed by atoms with van der Waals surface area (Å²) in [5.74, 6) is -3.89. The van der Waals surface area contributed by atoms with Gasteiger partial charge >= 0.3 is 18.1 Å². The Kier molecular flexibility index (Phi) is 10.9. The number of benzene rings is 3. The Morgan fingerprint density at radius 1 is 0.812 bits per heavy atom. The van der Waals surface area contributed by atoms with Crippen molar-refractivity contribution in [2.24, 2.45) is 0 Å². The maximum Gasteiger partial charge on any atom is 0.430 e. The van der Waals surface area contributed by atoms with Gasteiger partial charge in [0.15, 0.2) is 0 Å². The van der Waals surface area contributed by atoms with Gasteiger partial charge in [0.05, 0.1) is 25.2 Å². The van der Waals surface area contributed by atoms with E-state index in [9.17, 15) is 22.8 Å². The number of rotatable bonds is 9. The third-order valence-electron chi connectivity index (χ3n) is 9.79. The van der Waals surface area contributed by atoms with E-state index in [1.54, 1.807) is 6.92 Å². The van der Waals surface area contributed by atoms with Gasteiger partial charge in [-0.2, -0.15) is 13.2 Å². The molecule has 0 amide bonds. The Morgan fingerprint density at radius 2 is 1.27 bits per heavy atom. The first-order valence-electron chi connectivity index (χ1n) is 16.4. The van der Waals surface area contributed by atoms with Crippen LogP contribution < -0.4 is 5.11 Å². The minimum Gasteiger partial charge on any atom is -0.542 e. The number of carboxylic acid groups (broad SMARTS) is 1. The molecule has 3 aromatic carbocycles. The number of piperidine rings is 1. The first-order chi connectivity index (χ1) is 23.0. The number of carbonyl (C=O) groups is 3. The fourth-order valence-corrected chi connectivity index (χ4v) is 7.61. The molecule has 3 aliphatic heterocycles. The summed E-state index contributed by atoms with van der Waals surface area (Å²) in [5, 5.41) is 8.78. The number of esters is 2. The molecule has 3 atom stereocenters. The lowest BCUT2D eigenvalue weighted by Crippen LogP contribution is -2.60. The van der Waals surface area contributed by atoms with Crippen molar-refractivity contribution in [1.29, 1.82) is 0 Å². The molecule has 3 heterocycles. The number of halogens is 3. The molecule has 0 aromatic heterocycles. The van der Waals surface area contributed by atoms with E-state index >= 15 is 0 Å². The zero-order valence-corrected chi connectivity index (χ0v) is 26.8. The van der Waals surface area contributed by atoms with Crippen molar-refractivity contribution in [3.05, 3.63) is 108 Å². The molecule has 256 valence electrons. The van der Waals surface area contributed by atoms with E-state index in [0.717, 1.165) is 12.8 Å². The smallest absolute Gasteiger partial charge is 0.430 e. The zero-order valence-electron chi connectivity index (χ0n) is 26.8. The van der Waals surface area contributed by atoms with Crippen molar-refractivity contribution in [3.63, 3.8) is 0 Å². The molecular weight excluding hydrogens is 627 g/mol. The van der Waals surface area contributed by atoms with Gasteiger partial charge in [-0.05, 0) is 11.1 Å². The summed E-state index contributed by atoms with van der Waals surface area (Å²) < 4.78 is 52.0. The van der Waals surface area contributed by atoms with Gasteiger partial charge in [-0.1, -0.05) is 97.9 Å². The van der Waals surface area contributed by atoms with Gasteiger partial charge in [0.25, 0.3) is 0 Å². The van der Waals surface area contributed by atoms with Crippen LogP contribution >= 0.6 is 0 Å². The molecule has 2 bridgehead atoms. The third kappa shape index (κ3) is 7.42. The quantitative estimate of drug-likeness (QED) is 0.163. The monoisotopic (exact) mass is 667 g/mol. The number of nitrogens with zero attached hydrogens (tertiary/aromatic N) is 1. The molecule has 3 aromatic rings. The summed E-state index contributed by atoms with van der Waals surface area (Å²) in [6.45, 7) is 4.27. The molecule has 0 N–H and O–H groups in total. The van der Waals surface area contributed by atoms with E-state index < -0.39 is 36.0 Å². The second-order valence-electron chi connectivity index (χ2n) is 12.5. The van der Waals surface area contributed by atoms with Crippen molar-refractivity contribution < 1.29 is 51.4 Å². The predicted molar refractivity (Wildman–Crippen MR) is 167 cm³/mol. The average molecular weight is 668 g/mol. The summed E-state index contributed by atoms with van der Waals surface area (Å²) in [5.41, 5.74) is 0.264. The van der Waals surface area contributed by atoms with Crippen LogP contribution in [-0.4, -0.2) is 59.8 Å². The Morgan fingerprint density at radius 3 is 1.71 bits per heavy atom. The van der Waals surface area contributed by atoms with Gasteiger partial charge in [0.2, 0.25) is 11.9 Å². The summed E-state index contributed by atoms with van der Waals surface area (Å²) in [6, 6.07) is 29.3. The molecule has 1 spiro atoms. The molecular formula is C37H40F3NO7. The van der Waals surface area contributed by atoms with Crippen molar-refractivity contribution in [2.75, 3.05) is 13.1 Å². The van der Waals surface area contributed by atoms with Gasteiger partial charge in [-0.25, -0.2) is 4.79 Å². The van der Waals surface area contributed by atoms with Crippen molar-refractivity contribution >= 4 is 17.9 Å². The Labute approximate surface area is 278 Å². The van der Waals surface area contributed by atoms with Crippen LogP contribution in [0.2, 0.25) is 0 Å². The van der Waals surface area contributed by atoms with E-state index in [0.29, 0.717) is 28.8 Å². The standard InChI is InChI=1S/C35H40NO5.C2HF3O2/c1-2-32(37)40-33(26-14-6-3-7-15-26)41-35(27-16-8-4-9-17-27,28-18-10-5-11-19-28)34(38)39-31-24-29-20-21-30(25-31)36(29)22-12-13-23-36;3-2(4,5)1(6)7/h3-11,14-19,29-31,33H,2,12-13,20-25H2,1H3;(H,6,7)/q+1;/p-1. The fraction of sp³-hybridized carbons (Fsp3) is 0.432. The fourth-order valence-electron chi connectivity index (χ4n) is 7.61. The SMILES string of the molecule is CCC(=O)OC(OC(C(=O)OC1CC2CCC(C1)[N+]21CCCC1)(c1ccccc1)c1ccccc1)c1ccccc1.O=C([O-])C(F)(F)F. The van der Waals surface area contributed by atoms with Crippen molar-refractivity contribution in [2.45, 2.75) is 88.1 Å². The summed E-state index contributed by atoms with van der Waals surface area (Å²) in [7, 11) is 0. The van der Waals surface area contributed by atoms with Crippen LogP contribution in [0, 0.1) is 0 Å². The third-order valence-corrected chi connectivity index (χ3v) is 9.79. The maximum absolute atomic E-state index is 14.7. The number of hydrogen-bond acceptors (Lipinski definition) is 7. The second kappa shape index (κ2) is 14.9. The molecule has 0 saturated carbocycles. The number of aliphatic carboxylic acids is 1. The van der Waals surface area contributed by atoms with E-state index in [4.69, 9.17) is 24.1 Å². The van der Waals surface area contributed by atoms with E-state index in [2.05, 4.69) is 0 Å². The highest BCUT2D eigenvalue weighted by atomic mass is 19.4. The number of ether oxygens (including phenoxy) is 3. The van der Waals surface area contributed by atoms with Gasteiger partial charge in [-0.15, -0.1) is 0 Å². The zero-order chi connectivity index (χ0) is 34.4. The van der Waals surface area contributed by atoms with Gasteiger partial charge < -0.3 is 28.6 Å². The minimum atomic E-state index is -5.19. The molecule has 48 heavy (non-hydrogen) atoms. The minimum absolute atomic E-state index is 0.173. The van der Waals surface area contributed by atoms with Crippen LogP contribution in [-0.2, 0) is 34.2 Å². The Bertz CT molecular complexity index is 1470. The lowest BCUT2D eigenvalue weighted by atomic mass is 9.85. The topological polar surface area (TPSA) is 102 Å². The lowest BCUT2D eigenvalue weighted by Gasteiger charge is -2.47. The van der Waals surface area contributed by atoms with Gasteiger partial charge in [0, 0.05) is 50.5 Å². The summed E-state index contributed by atoms with van der Waals surface area (Å²) >= 11 is 0. The number of hydrogen-bond donors (Lipinski definition) is 0. The van der Waals surface area contributed by atoms with Crippen LogP contribution in [0.3, 0.4) is 0 Å². The van der Waals surface area contributed by atoms with Crippen LogP contribution in [0.15, 0.2) is 91.0 Å². The number of carbonyl (C=O) groups excluding carboxylic acids is 3. The van der Waals surface area contributed by atoms with Gasteiger partial charge in [-0.3, -0.25) is 4.79 Å². The molecule has 3 unspecified atom stereocenters. The highest BCUT2D eigenvalue weighted by molar-refractivity contribution is 5.86. The largest absolute Gasteiger partial charge is 0.542 e. The van der Waals surface area contributed by atoms with E-state index in [-0.39, 0.29) is 12.5 Å². The highest BCUT2D eigenvalue weighted by Crippen LogP contribution is 2.47. The van der Waals surface area contributed by atoms with Crippen molar-refractivity contribution in [3.8, 4) is 0 Å². The molecule has 3 aliphatic rings. The van der Waals surface area contributed by atoms with Gasteiger partial charge in [0.1, 0.15) is 12.1 Å². The first-order valence-corrected chi connectivity index (χ1v) is 16.4. The van der Waals surface area contributed by atoms with Crippen LogP contribution in [0.5, 0.6) is 0 Å². The molecule has 0 radical (unpaired) electrons. The van der Waals surface area contributed by atoms with E-state index in [1.807, 2.05) is 91.0 Å². The first kappa shape index (κ1) is 35.1. The Balaban J connectivity index is 0.000000582. The predicted octanol–water partition coefficient (Wildman–Crippen LogP) is 5.74. The molecule has 3 fully saturated rings. The average Bonchev–Trinajstić information content (AvgIpc) is 3.64.